The number of ether oxygens (including phenoxy) is 1. The summed E-state index contributed by atoms with van der Waals surface area (Å²) in [6.45, 7) is 0. The minimum atomic E-state index is 0.757. The average Bonchev–Trinajstić information content (AvgIpc) is 3.28. The van der Waals surface area contributed by atoms with Crippen LogP contribution in [0.15, 0.2) is 65.2 Å². The van der Waals surface area contributed by atoms with Crippen LogP contribution in [0.4, 0.5) is 5.13 Å². The molecule has 2 aromatic heterocycles. The number of nitrogens with zero attached hydrogens (tertiary/aromatic N) is 3. The Balaban J connectivity index is 1.49. The highest BCUT2D eigenvalue weighted by molar-refractivity contribution is 7.14. The average molecular weight is 362 g/mol. The molecule has 0 saturated carbocycles. The van der Waals surface area contributed by atoms with Gasteiger partial charge in [-0.25, -0.2) is 4.98 Å². The third-order valence-electron chi connectivity index (χ3n) is 4.18. The predicted molar refractivity (Wildman–Crippen MR) is 108 cm³/mol. The molecule has 0 radical (unpaired) electrons. The monoisotopic (exact) mass is 362 g/mol. The van der Waals surface area contributed by atoms with Gasteiger partial charge in [0.2, 0.25) is 5.13 Å². The van der Waals surface area contributed by atoms with Crippen LogP contribution in [0.1, 0.15) is 5.56 Å². The van der Waals surface area contributed by atoms with Gasteiger partial charge < -0.3 is 9.30 Å². The van der Waals surface area contributed by atoms with Crippen molar-refractivity contribution >= 4 is 33.6 Å². The minimum absolute atomic E-state index is 0.757. The van der Waals surface area contributed by atoms with Crippen LogP contribution >= 0.6 is 11.3 Å². The van der Waals surface area contributed by atoms with Crippen molar-refractivity contribution in [2.45, 2.75) is 0 Å². The van der Waals surface area contributed by atoms with Gasteiger partial charge in [-0.1, -0.05) is 18.2 Å². The lowest BCUT2D eigenvalue weighted by molar-refractivity contribution is 0.415. The zero-order valence-electron chi connectivity index (χ0n) is 14.5. The fourth-order valence-corrected chi connectivity index (χ4v) is 3.52. The smallest absolute Gasteiger partial charge is 0.203 e. The molecule has 130 valence electrons. The summed E-state index contributed by atoms with van der Waals surface area (Å²) in [7, 11) is 3.70. The number of nitrogens with one attached hydrogen (secondary N) is 1. The molecule has 0 aliphatic carbocycles. The van der Waals surface area contributed by atoms with Crippen LogP contribution in [0, 0.1) is 0 Å². The molecule has 2 heterocycles. The largest absolute Gasteiger partial charge is 0.497 e. The Labute approximate surface area is 155 Å². The van der Waals surface area contributed by atoms with Gasteiger partial charge in [0.25, 0.3) is 0 Å². The number of hydrogen-bond acceptors (Lipinski definition) is 5. The number of aryl methyl sites for hydroxylation is 1. The molecule has 2 aromatic carbocycles. The normalized spacial score (nSPS) is 11.3. The first kappa shape index (κ1) is 16.4. The summed E-state index contributed by atoms with van der Waals surface area (Å²) in [6.07, 6.45) is 3.90. The predicted octanol–water partition coefficient (Wildman–Crippen LogP) is 4.76. The molecule has 0 saturated heterocycles. The number of para-hydroxylation sites is 1. The molecule has 0 bridgehead atoms. The van der Waals surface area contributed by atoms with Crippen LogP contribution in [0.5, 0.6) is 5.75 Å². The molecule has 4 rings (SSSR count). The Bertz CT molecular complexity index is 1060. The van der Waals surface area contributed by atoms with Gasteiger partial charge in [-0.05, 0) is 30.3 Å². The van der Waals surface area contributed by atoms with Gasteiger partial charge in [-0.15, -0.1) is 11.3 Å². The Morgan fingerprint density at radius 1 is 1.15 bits per heavy atom. The van der Waals surface area contributed by atoms with E-state index in [1.807, 2.05) is 55.0 Å². The summed E-state index contributed by atoms with van der Waals surface area (Å²) in [5, 5.41) is 8.30. The number of aromatic nitrogens is 2. The second-order valence-corrected chi connectivity index (χ2v) is 6.71. The van der Waals surface area contributed by atoms with E-state index in [1.165, 1.54) is 22.2 Å². The Morgan fingerprint density at radius 3 is 2.77 bits per heavy atom. The molecular formula is C20H18N4OS. The lowest BCUT2D eigenvalue weighted by Gasteiger charge is -2.00. The lowest BCUT2D eigenvalue weighted by Crippen LogP contribution is -1.90. The van der Waals surface area contributed by atoms with E-state index in [-0.39, 0.29) is 0 Å². The number of benzene rings is 2. The van der Waals surface area contributed by atoms with Crippen molar-refractivity contribution in [3.8, 4) is 17.0 Å². The van der Waals surface area contributed by atoms with Gasteiger partial charge in [0.15, 0.2) is 0 Å². The Hall–Kier alpha value is -3.12. The summed E-state index contributed by atoms with van der Waals surface area (Å²) in [5.74, 6) is 0.835. The van der Waals surface area contributed by atoms with Crippen molar-refractivity contribution in [1.29, 1.82) is 0 Å². The first-order valence-corrected chi connectivity index (χ1v) is 9.05. The van der Waals surface area contributed by atoms with Gasteiger partial charge in [0.05, 0.1) is 19.0 Å². The molecule has 0 aliphatic rings. The summed E-state index contributed by atoms with van der Waals surface area (Å²) < 4.78 is 7.29. The molecule has 6 heteroatoms. The van der Waals surface area contributed by atoms with Crippen molar-refractivity contribution in [1.82, 2.24) is 9.55 Å². The third-order valence-corrected chi connectivity index (χ3v) is 4.93. The number of hydrazone groups is 1. The van der Waals surface area contributed by atoms with E-state index in [4.69, 9.17) is 4.74 Å². The number of hydrogen-bond donors (Lipinski definition) is 1. The zero-order valence-corrected chi connectivity index (χ0v) is 15.3. The molecule has 0 amide bonds. The van der Waals surface area contributed by atoms with Crippen LogP contribution in [0.2, 0.25) is 0 Å². The first-order chi connectivity index (χ1) is 12.7. The van der Waals surface area contributed by atoms with Crippen molar-refractivity contribution < 1.29 is 4.74 Å². The van der Waals surface area contributed by atoms with Crippen LogP contribution in [0.25, 0.3) is 22.2 Å². The van der Waals surface area contributed by atoms with E-state index in [1.54, 1.807) is 7.11 Å². The molecule has 0 atom stereocenters. The molecule has 26 heavy (non-hydrogen) atoms. The number of rotatable bonds is 5. The number of methoxy groups -OCH3 is 1. The molecule has 1 N–H and O–H groups in total. The molecule has 5 nitrogen and oxygen atoms in total. The fourth-order valence-electron chi connectivity index (χ4n) is 2.85. The van der Waals surface area contributed by atoms with Crippen molar-refractivity contribution in [2.75, 3.05) is 12.5 Å². The maximum absolute atomic E-state index is 5.19. The van der Waals surface area contributed by atoms with E-state index < -0.39 is 0 Å². The number of anilines is 1. The highest BCUT2D eigenvalue weighted by atomic mass is 32.1. The topological polar surface area (TPSA) is 51.4 Å². The van der Waals surface area contributed by atoms with Crippen molar-refractivity contribution in [3.05, 3.63) is 65.7 Å². The SMILES string of the molecule is COc1ccc(-c2csc(N/N=C\c3cn(C)c4ccccc34)n2)cc1. The fraction of sp³-hybridized carbons (Fsp3) is 0.100. The van der Waals surface area contributed by atoms with Crippen molar-refractivity contribution in [3.63, 3.8) is 0 Å². The van der Waals surface area contributed by atoms with E-state index in [2.05, 4.69) is 38.4 Å². The first-order valence-electron chi connectivity index (χ1n) is 8.17. The molecule has 0 unspecified atom stereocenters. The van der Waals surface area contributed by atoms with Gasteiger partial charge >= 0.3 is 0 Å². The van der Waals surface area contributed by atoms with Crippen LogP contribution in [-0.2, 0) is 7.05 Å². The second kappa shape index (κ2) is 7.01. The van der Waals surface area contributed by atoms with Crippen molar-refractivity contribution in [2.24, 2.45) is 12.1 Å². The van der Waals surface area contributed by atoms with Crippen LogP contribution in [-0.4, -0.2) is 22.9 Å². The summed E-state index contributed by atoms with van der Waals surface area (Å²) in [5.41, 5.74) is 7.25. The van der Waals surface area contributed by atoms with Gasteiger partial charge in [0.1, 0.15) is 5.75 Å². The molecule has 0 fully saturated rings. The highest BCUT2D eigenvalue weighted by Gasteiger charge is 2.05. The molecule has 4 aromatic rings. The van der Waals surface area contributed by atoms with Crippen LogP contribution in [0.3, 0.4) is 0 Å². The highest BCUT2D eigenvalue weighted by Crippen LogP contribution is 2.26. The van der Waals surface area contributed by atoms with Gasteiger partial charge in [-0.2, -0.15) is 5.10 Å². The van der Waals surface area contributed by atoms with E-state index in [0.717, 1.165) is 27.7 Å². The minimum Gasteiger partial charge on any atom is -0.497 e. The maximum Gasteiger partial charge on any atom is 0.203 e. The molecular weight excluding hydrogens is 344 g/mol. The second-order valence-electron chi connectivity index (χ2n) is 5.85. The maximum atomic E-state index is 5.19. The van der Waals surface area contributed by atoms with E-state index >= 15 is 0 Å². The quantitative estimate of drug-likeness (QED) is 0.411. The van der Waals surface area contributed by atoms with Crippen LogP contribution < -0.4 is 10.2 Å². The zero-order chi connectivity index (χ0) is 17.9. The third kappa shape index (κ3) is 3.19. The summed E-state index contributed by atoms with van der Waals surface area (Å²) >= 11 is 1.53. The van der Waals surface area contributed by atoms with Gasteiger partial charge in [0, 0.05) is 40.7 Å². The standard InChI is InChI=1S/C20H18N4OS/c1-24-12-15(17-5-3-4-6-19(17)24)11-21-23-20-22-18(13-26-20)14-7-9-16(25-2)10-8-14/h3-13H,1-2H3,(H,22,23)/b21-11-. The van der Waals surface area contributed by atoms with Gasteiger partial charge in [-0.3, -0.25) is 5.43 Å². The Kier molecular flexibility index (Phi) is 4.41. The molecule has 0 aliphatic heterocycles. The number of thiazole rings is 1. The van der Waals surface area contributed by atoms with E-state index in [9.17, 15) is 0 Å². The summed E-state index contributed by atoms with van der Waals surface area (Å²) in [6, 6.07) is 16.1. The molecule has 0 spiro atoms. The number of fused-ring (bicyclic) bond motifs is 1. The Morgan fingerprint density at radius 2 is 1.96 bits per heavy atom. The lowest BCUT2D eigenvalue weighted by atomic mass is 10.2. The van der Waals surface area contributed by atoms with E-state index in [0.29, 0.717) is 0 Å². The summed E-state index contributed by atoms with van der Waals surface area (Å²) in [4.78, 5) is 4.58.